The number of benzene rings is 2. The number of carbonyl (C=O) groups is 2. The fraction of sp³-hybridized carbons (Fsp3) is 0.333. The molecule has 3 aromatic rings. The summed E-state index contributed by atoms with van der Waals surface area (Å²) in [7, 11) is 0. The molecule has 1 aliphatic rings. The third-order valence-electron chi connectivity index (χ3n) is 6.14. The average molecular weight is 563 g/mol. The molecule has 0 unspecified atom stereocenters. The Labute approximate surface area is 230 Å². The number of hydrogen-bond acceptors (Lipinski definition) is 5. The number of morpholine rings is 1. The molecule has 8 nitrogen and oxygen atoms in total. The molecular weight excluding hydrogens is 534 g/mol. The fourth-order valence-electron chi connectivity index (χ4n) is 4.02. The van der Waals surface area contributed by atoms with Gasteiger partial charge >= 0.3 is 6.03 Å². The number of amides is 3. The number of carbonyl (C=O) groups excluding carboxylic acids is 2. The van der Waals surface area contributed by atoms with Crippen molar-refractivity contribution in [2.45, 2.75) is 13.1 Å². The van der Waals surface area contributed by atoms with Gasteiger partial charge in [-0.2, -0.15) is 0 Å². The van der Waals surface area contributed by atoms with E-state index in [1.165, 1.54) is 29.4 Å². The maximum atomic E-state index is 13.6. The van der Waals surface area contributed by atoms with Crippen LogP contribution >= 0.6 is 23.2 Å². The minimum atomic E-state index is -0.462. The zero-order chi connectivity index (χ0) is 26.9. The van der Waals surface area contributed by atoms with Gasteiger partial charge in [-0.05, 0) is 48.0 Å². The van der Waals surface area contributed by atoms with Crippen LogP contribution in [0.3, 0.4) is 0 Å². The lowest BCUT2D eigenvalue weighted by Gasteiger charge is -2.31. The van der Waals surface area contributed by atoms with Crippen molar-refractivity contribution < 1.29 is 23.1 Å². The number of furan rings is 1. The van der Waals surface area contributed by atoms with E-state index < -0.39 is 6.03 Å². The summed E-state index contributed by atoms with van der Waals surface area (Å²) in [5.41, 5.74) is 1.15. The van der Waals surface area contributed by atoms with Gasteiger partial charge < -0.3 is 24.3 Å². The first-order chi connectivity index (χ1) is 18.4. The first kappa shape index (κ1) is 27.9. The van der Waals surface area contributed by atoms with Crippen LogP contribution in [0.25, 0.3) is 0 Å². The van der Waals surface area contributed by atoms with Crippen molar-refractivity contribution in [2.75, 3.05) is 51.3 Å². The van der Waals surface area contributed by atoms with E-state index in [1.807, 2.05) is 0 Å². The Hall–Kier alpha value is -3.11. The number of hydrogen-bond donors (Lipinski definition) is 1. The van der Waals surface area contributed by atoms with Crippen molar-refractivity contribution >= 4 is 40.8 Å². The molecular formula is C27H29Cl2FN4O4. The molecule has 38 heavy (non-hydrogen) atoms. The predicted octanol–water partition coefficient (Wildman–Crippen LogP) is 5.12. The smallest absolute Gasteiger partial charge is 0.322 e. The Bertz CT molecular complexity index is 1200. The molecule has 0 radical (unpaired) electrons. The molecule has 1 saturated heterocycles. The molecule has 11 heteroatoms. The summed E-state index contributed by atoms with van der Waals surface area (Å²) in [6.45, 7) is 3.89. The molecule has 4 rings (SSSR count). The van der Waals surface area contributed by atoms with E-state index >= 15 is 0 Å². The molecule has 202 valence electrons. The highest BCUT2D eigenvalue weighted by Gasteiger charge is 2.24. The molecule has 0 atom stereocenters. The summed E-state index contributed by atoms with van der Waals surface area (Å²) in [5, 5.41) is 3.53. The maximum Gasteiger partial charge on any atom is 0.322 e. The van der Waals surface area contributed by atoms with E-state index in [4.69, 9.17) is 32.4 Å². The second-order valence-electron chi connectivity index (χ2n) is 8.89. The van der Waals surface area contributed by atoms with Gasteiger partial charge in [-0.1, -0.05) is 35.3 Å². The SMILES string of the molecule is O=C(CN(CCN1CCOCC1)C(=O)Nc1ccc(Cl)cc1Cl)N(Cc1ccc(F)cc1)Cc1ccco1. The number of urea groups is 1. The van der Waals surface area contributed by atoms with Gasteiger partial charge in [0.15, 0.2) is 0 Å². The summed E-state index contributed by atoms with van der Waals surface area (Å²) in [6, 6.07) is 13.8. The van der Waals surface area contributed by atoms with Crippen LogP contribution < -0.4 is 5.32 Å². The van der Waals surface area contributed by atoms with E-state index in [9.17, 15) is 14.0 Å². The summed E-state index contributed by atoms with van der Waals surface area (Å²) in [6.07, 6.45) is 1.54. The van der Waals surface area contributed by atoms with E-state index in [1.54, 1.807) is 41.3 Å². The van der Waals surface area contributed by atoms with Gasteiger partial charge in [0.05, 0.1) is 36.7 Å². The standard InChI is InChI=1S/C27H29Cl2FN4O4/c28-21-5-8-25(24(29)16-21)31-27(36)33(10-9-32-11-14-37-15-12-32)19-26(35)34(18-23-2-1-13-38-23)17-20-3-6-22(30)7-4-20/h1-8,13,16H,9-12,14-15,17-19H2,(H,31,36). The lowest BCUT2D eigenvalue weighted by atomic mass is 10.2. The van der Waals surface area contributed by atoms with Crippen LogP contribution in [-0.2, 0) is 22.6 Å². The van der Waals surface area contributed by atoms with Crippen molar-refractivity contribution in [3.63, 3.8) is 0 Å². The van der Waals surface area contributed by atoms with Crippen LogP contribution in [0.4, 0.5) is 14.9 Å². The monoisotopic (exact) mass is 562 g/mol. The van der Waals surface area contributed by atoms with Gasteiger partial charge in [-0.25, -0.2) is 9.18 Å². The van der Waals surface area contributed by atoms with Crippen LogP contribution in [0, 0.1) is 5.82 Å². The lowest BCUT2D eigenvalue weighted by molar-refractivity contribution is -0.133. The van der Waals surface area contributed by atoms with Gasteiger partial charge in [-0.3, -0.25) is 9.69 Å². The number of anilines is 1. The molecule has 1 N–H and O–H groups in total. The molecule has 2 heterocycles. The number of rotatable bonds is 10. The highest BCUT2D eigenvalue weighted by atomic mass is 35.5. The lowest BCUT2D eigenvalue weighted by Crippen LogP contribution is -2.48. The van der Waals surface area contributed by atoms with Gasteiger partial charge in [-0.15, -0.1) is 0 Å². The molecule has 1 fully saturated rings. The highest BCUT2D eigenvalue weighted by molar-refractivity contribution is 6.36. The summed E-state index contributed by atoms with van der Waals surface area (Å²) < 4.78 is 24.3. The first-order valence-corrected chi connectivity index (χ1v) is 13.0. The number of ether oxygens (including phenoxy) is 1. The summed E-state index contributed by atoms with van der Waals surface area (Å²) in [5.74, 6) is -0.0488. The Kier molecular flexibility index (Phi) is 10.0. The first-order valence-electron chi connectivity index (χ1n) is 12.2. The molecule has 3 amide bonds. The molecule has 0 bridgehead atoms. The zero-order valence-electron chi connectivity index (χ0n) is 20.7. The normalized spacial score (nSPS) is 13.8. The van der Waals surface area contributed by atoms with E-state index in [2.05, 4.69) is 10.2 Å². The third-order valence-corrected chi connectivity index (χ3v) is 6.69. The van der Waals surface area contributed by atoms with Gasteiger partial charge in [0.2, 0.25) is 5.91 Å². The van der Waals surface area contributed by atoms with Gasteiger partial charge in [0.25, 0.3) is 0 Å². The zero-order valence-corrected chi connectivity index (χ0v) is 22.3. The molecule has 1 aromatic heterocycles. The van der Waals surface area contributed by atoms with Crippen LogP contribution in [0.1, 0.15) is 11.3 Å². The second kappa shape index (κ2) is 13.6. The van der Waals surface area contributed by atoms with Crippen LogP contribution in [-0.4, -0.2) is 72.6 Å². The Balaban J connectivity index is 1.50. The maximum absolute atomic E-state index is 13.6. The second-order valence-corrected chi connectivity index (χ2v) is 9.73. The minimum Gasteiger partial charge on any atom is -0.467 e. The van der Waals surface area contributed by atoms with Gasteiger partial charge in [0.1, 0.15) is 18.1 Å². The molecule has 0 aliphatic carbocycles. The van der Waals surface area contributed by atoms with Gasteiger partial charge in [0, 0.05) is 37.7 Å². The molecule has 2 aromatic carbocycles. The number of nitrogens with one attached hydrogen (secondary N) is 1. The quantitative estimate of drug-likeness (QED) is 0.371. The van der Waals surface area contributed by atoms with E-state index in [0.717, 1.165) is 18.7 Å². The summed E-state index contributed by atoms with van der Waals surface area (Å²) in [4.78, 5) is 32.1. The van der Waals surface area contributed by atoms with Crippen LogP contribution in [0.2, 0.25) is 10.0 Å². The van der Waals surface area contributed by atoms with Crippen molar-refractivity contribution in [2.24, 2.45) is 0 Å². The Morgan fingerprint density at radius 2 is 1.76 bits per heavy atom. The van der Waals surface area contributed by atoms with Crippen molar-refractivity contribution in [3.05, 3.63) is 88.0 Å². The number of halogens is 3. The topological polar surface area (TPSA) is 78.3 Å². The Morgan fingerprint density at radius 1 is 1.00 bits per heavy atom. The van der Waals surface area contributed by atoms with Crippen molar-refractivity contribution in [1.82, 2.24) is 14.7 Å². The Morgan fingerprint density at radius 3 is 2.45 bits per heavy atom. The average Bonchev–Trinajstić information content (AvgIpc) is 3.42. The van der Waals surface area contributed by atoms with Crippen molar-refractivity contribution in [1.29, 1.82) is 0 Å². The van der Waals surface area contributed by atoms with Crippen LogP contribution in [0.15, 0.2) is 65.3 Å². The van der Waals surface area contributed by atoms with Crippen LogP contribution in [0.5, 0.6) is 0 Å². The fourth-order valence-corrected chi connectivity index (χ4v) is 4.48. The third kappa shape index (κ3) is 8.19. The minimum absolute atomic E-state index is 0.177. The van der Waals surface area contributed by atoms with E-state index in [-0.39, 0.29) is 31.4 Å². The largest absolute Gasteiger partial charge is 0.467 e. The molecule has 0 saturated carbocycles. The molecule has 0 spiro atoms. The molecule has 1 aliphatic heterocycles. The highest BCUT2D eigenvalue weighted by Crippen LogP contribution is 2.25. The summed E-state index contributed by atoms with van der Waals surface area (Å²) >= 11 is 12.2. The number of nitrogens with zero attached hydrogens (tertiary/aromatic N) is 3. The van der Waals surface area contributed by atoms with E-state index in [0.29, 0.717) is 47.8 Å². The predicted molar refractivity (Wildman–Crippen MR) is 144 cm³/mol. The van der Waals surface area contributed by atoms with Crippen molar-refractivity contribution in [3.8, 4) is 0 Å².